The zero-order valence-corrected chi connectivity index (χ0v) is 12.5. The first-order valence-electron chi connectivity index (χ1n) is 7.04. The summed E-state index contributed by atoms with van der Waals surface area (Å²) in [5.41, 5.74) is 0.914. The lowest BCUT2D eigenvalue weighted by Crippen LogP contribution is -2.35. The summed E-state index contributed by atoms with van der Waals surface area (Å²) in [4.78, 5) is 23.2. The van der Waals surface area contributed by atoms with E-state index < -0.39 is 0 Å². The first-order valence-corrected chi connectivity index (χ1v) is 7.42. The Labute approximate surface area is 132 Å². The van der Waals surface area contributed by atoms with Crippen LogP contribution in [-0.4, -0.2) is 37.8 Å². The molecule has 7 nitrogen and oxygen atoms in total. The Balaban J connectivity index is 1.62. The predicted molar refractivity (Wildman–Crippen MR) is 81.6 cm³/mol. The maximum Gasteiger partial charge on any atom is 0.319 e. The molecule has 1 aromatic carbocycles. The van der Waals surface area contributed by atoms with Crippen molar-refractivity contribution < 1.29 is 19.1 Å². The van der Waals surface area contributed by atoms with Gasteiger partial charge in [-0.2, -0.15) is 0 Å². The maximum atomic E-state index is 11.9. The van der Waals surface area contributed by atoms with Crippen LogP contribution in [0.25, 0.3) is 0 Å². The quantitative estimate of drug-likeness (QED) is 0.792. The summed E-state index contributed by atoms with van der Waals surface area (Å²) in [6.45, 7) is 1.14. The second-order valence-electron chi connectivity index (χ2n) is 5.14. The van der Waals surface area contributed by atoms with Gasteiger partial charge >= 0.3 is 6.03 Å². The standard InChI is InChI=1S/C14H16ClN3O4/c15-10-4-8(5-11-13(10)22-7-12(19)18-11)17-14(20)16-6-9-2-1-3-21-9/h4-5,9H,1-3,6-7H2,(H,18,19)(H2,16,17,20)/t9-/m1/s1. The number of carbonyl (C=O) groups excluding carboxylic acids is 2. The summed E-state index contributed by atoms with van der Waals surface area (Å²) in [5.74, 6) is 0.148. The Morgan fingerprint density at radius 3 is 3.09 bits per heavy atom. The van der Waals surface area contributed by atoms with Crippen molar-refractivity contribution in [2.24, 2.45) is 0 Å². The Hall–Kier alpha value is -1.99. The van der Waals surface area contributed by atoms with Gasteiger partial charge in [-0.25, -0.2) is 4.79 Å². The topological polar surface area (TPSA) is 88.7 Å². The van der Waals surface area contributed by atoms with Gasteiger partial charge in [0.05, 0.1) is 16.8 Å². The minimum absolute atomic E-state index is 0.0681. The molecule has 0 aromatic heterocycles. The van der Waals surface area contributed by atoms with E-state index in [4.69, 9.17) is 21.1 Å². The molecule has 2 aliphatic heterocycles. The third-order valence-electron chi connectivity index (χ3n) is 3.44. The van der Waals surface area contributed by atoms with Crippen molar-refractivity contribution in [2.45, 2.75) is 18.9 Å². The number of urea groups is 1. The van der Waals surface area contributed by atoms with E-state index in [0.717, 1.165) is 19.4 Å². The van der Waals surface area contributed by atoms with Crippen LogP contribution in [0, 0.1) is 0 Å². The number of amides is 3. The van der Waals surface area contributed by atoms with Crippen LogP contribution in [0.4, 0.5) is 16.2 Å². The van der Waals surface area contributed by atoms with Crippen LogP contribution < -0.4 is 20.7 Å². The molecule has 0 bridgehead atoms. The van der Waals surface area contributed by atoms with Crippen molar-refractivity contribution >= 4 is 34.9 Å². The van der Waals surface area contributed by atoms with Crippen LogP contribution in [0.1, 0.15) is 12.8 Å². The number of ether oxygens (including phenoxy) is 2. The SMILES string of the molecule is O=C1COc2c(Cl)cc(NC(=O)NC[C@H]3CCCO3)cc2N1. The number of hydrogen-bond donors (Lipinski definition) is 3. The number of halogens is 1. The second-order valence-corrected chi connectivity index (χ2v) is 5.55. The summed E-state index contributed by atoms with van der Waals surface area (Å²) < 4.78 is 10.7. The smallest absolute Gasteiger partial charge is 0.319 e. The molecular weight excluding hydrogens is 310 g/mol. The molecule has 3 N–H and O–H groups in total. The van der Waals surface area contributed by atoms with E-state index in [-0.39, 0.29) is 24.6 Å². The van der Waals surface area contributed by atoms with E-state index >= 15 is 0 Å². The minimum atomic E-state index is -0.352. The van der Waals surface area contributed by atoms with Crippen LogP contribution in [0.2, 0.25) is 5.02 Å². The molecule has 0 spiro atoms. The third kappa shape index (κ3) is 3.42. The molecule has 1 atom stereocenters. The average molecular weight is 326 g/mol. The highest BCUT2D eigenvalue weighted by Gasteiger charge is 2.20. The van der Waals surface area contributed by atoms with Gasteiger partial charge in [0, 0.05) is 18.8 Å². The van der Waals surface area contributed by atoms with Crippen molar-refractivity contribution in [1.29, 1.82) is 0 Å². The molecule has 118 valence electrons. The summed E-state index contributed by atoms with van der Waals surface area (Å²) >= 11 is 6.09. The zero-order valence-electron chi connectivity index (χ0n) is 11.8. The second kappa shape index (κ2) is 6.41. The van der Waals surface area contributed by atoms with Crippen LogP contribution in [-0.2, 0) is 9.53 Å². The summed E-state index contributed by atoms with van der Waals surface area (Å²) in [6.07, 6.45) is 2.05. The molecule has 1 fully saturated rings. The number of hydrogen-bond acceptors (Lipinski definition) is 4. The van der Waals surface area contributed by atoms with Crippen molar-refractivity contribution in [1.82, 2.24) is 5.32 Å². The van der Waals surface area contributed by atoms with Gasteiger partial charge in [0.15, 0.2) is 12.4 Å². The molecule has 0 unspecified atom stereocenters. The normalized spacial score (nSPS) is 19.9. The number of fused-ring (bicyclic) bond motifs is 1. The van der Waals surface area contributed by atoms with E-state index in [2.05, 4.69) is 16.0 Å². The molecule has 0 saturated carbocycles. The summed E-state index contributed by atoms with van der Waals surface area (Å²) in [5, 5.41) is 8.40. The van der Waals surface area contributed by atoms with E-state index in [0.29, 0.717) is 28.7 Å². The zero-order chi connectivity index (χ0) is 15.5. The van der Waals surface area contributed by atoms with E-state index in [1.807, 2.05) is 0 Å². The van der Waals surface area contributed by atoms with Gasteiger partial charge in [-0.3, -0.25) is 4.79 Å². The van der Waals surface area contributed by atoms with E-state index in [1.165, 1.54) is 0 Å². The van der Waals surface area contributed by atoms with Crippen LogP contribution >= 0.6 is 11.6 Å². The fraction of sp³-hybridized carbons (Fsp3) is 0.429. The Bertz CT molecular complexity index is 602. The first-order chi connectivity index (χ1) is 10.6. The highest BCUT2D eigenvalue weighted by Crippen LogP contribution is 2.38. The van der Waals surface area contributed by atoms with Crippen molar-refractivity contribution in [2.75, 3.05) is 30.4 Å². The van der Waals surface area contributed by atoms with Crippen LogP contribution in [0.3, 0.4) is 0 Å². The Morgan fingerprint density at radius 2 is 2.32 bits per heavy atom. The lowest BCUT2D eigenvalue weighted by Gasteiger charge is -2.20. The number of nitrogens with one attached hydrogen (secondary N) is 3. The van der Waals surface area contributed by atoms with Crippen molar-refractivity contribution in [3.63, 3.8) is 0 Å². The lowest BCUT2D eigenvalue weighted by atomic mass is 10.2. The average Bonchev–Trinajstić information content (AvgIpc) is 2.98. The number of carbonyl (C=O) groups is 2. The third-order valence-corrected chi connectivity index (χ3v) is 3.72. The van der Waals surface area contributed by atoms with Gasteiger partial charge < -0.3 is 25.4 Å². The van der Waals surface area contributed by atoms with Gasteiger partial charge in [-0.05, 0) is 25.0 Å². The van der Waals surface area contributed by atoms with Gasteiger partial charge in [-0.1, -0.05) is 11.6 Å². The molecule has 3 rings (SSSR count). The highest BCUT2D eigenvalue weighted by molar-refractivity contribution is 6.33. The van der Waals surface area contributed by atoms with Gasteiger partial charge in [0.2, 0.25) is 0 Å². The van der Waals surface area contributed by atoms with E-state index in [1.54, 1.807) is 12.1 Å². The number of benzene rings is 1. The molecule has 22 heavy (non-hydrogen) atoms. The maximum absolute atomic E-state index is 11.9. The van der Waals surface area contributed by atoms with Crippen molar-refractivity contribution in [3.05, 3.63) is 17.2 Å². The van der Waals surface area contributed by atoms with E-state index in [9.17, 15) is 9.59 Å². The fourth-order valence-electron chi connectivity index (χ4n) is 2.42. The van der Waals surface area contributed by atoms with Gasteiger partial charge in [0.25, 0.3) is 5.91 Å². The molecule has 2 heterocycles. The Morgan fingerprint density at radius 1 is 1.45 bits per heavy atom. The van der Waals surface area contributed by atoms with Gasteiger partial charge in [-0.15, -0.1) is 0 Å². The predicted octanol–water partition coefficient (Wildman–Crippen LogP) is 1.97. The largest absolute Gasteiger partial charge is 0.480 e. The summed E-state index contributed by atoms with van der Waals surface area (Å²) in [6, 6.07) is 2.82. The Kier molecular flexibility index (Phi) is 4.35. The molecule has 0 radical (unpaired) electrons. The summed E-state index contributed by atoms with van der Waals surface area (Å²) in [7, 11) is 0. The highest BCUT2D eigenvalue weighted by atomic mass is 35.5. The number of anilines is 2. The molecule has 3 amide bonds. The van der Waals surface area contributed by atoms with Gasteiger partial charge in [0.1, 0.15) is 0 Å². The monoisotopic (exact) mass is 325 g/mol. The molecule has 2 aliphatic rings. The molecule has 1 aromatic rings. The van der Waals surface area contributed by atoms with Crippen LogP contribution in [0.5, 0.6) is 5.75 Å². The molecular formula is C14H16ClN3O4. The molecule has 8 heteroatoms. The molecule has 0 aliphatic carbocycles. The fourth-order valence-corrected chi connectivity index (χ4v) is 2.69. The number of rotatable bonds is 3. The minimum Gasteiger partial charge on any atom is -0.480 e. The lowest BCUT2D eigenvalue weighted by molar-refractivity contribution is -0.118. The molecule has 1 saturated heterocycles. The van der Waals surface area contributed by atoms with Crippen LogP contribution in [0.15, 0.2) is 12.1 Å². The first kappa shape index (κ1) is 14.9. The van der Waals surface area contributed by atoms with Crippen molar-refractivity contribution in [3.8, 4) is 5.75 Å².